The third-order valence-electron chi connectivity index (χ3n) is 4.79. The van der Waals surface area contributed by atoms with Gasteiger partial charge in [-0.2, -0.15) is 13.2 Å². The van der Waals surface area contributed by atoms with E-state index < -0.39 is 24.5 Å². The number of nitrogens with two attached hydrogens (primary N) is 1. The maximum Gasteiger partial charge on any atom is 0.390 e. The first-order chi connectivity index (χ1) is 13.3. The first-order valence-electron chi connectivity index (χ1n) is 9.46. The molecule has 0 aliphatic heterocycles. The smallest absolute Gasteiger partial charge is 0.341 e. The largest absolute Gasteiger partial charge is 0.390 e. The summed E-state index contributed by atoms with van der Waals surface area (Å²) < 4.78 is 39.6. The Morgan fingerprint density at radius 1 is 1.23 bits per heavy atom. The van der Waals surface area contributed by atoms with Crippen molar-refractivity contribution < 1.29 is 18.0 Å². The number of amides is 1. The molecule has 0 unspecified atom stereocenters. The first kappa shape index (κ1) is 26.3. The second kappa shape index (κ2) is 11.6. The van der Waals surface area contributed by atoms with Gasteiger partial charge in [0, 0.05) is 32.3 Å². The van der Waals surface area contributed by atoms with E-state index in [4.69, 9.17) is 5.73 Å². The van der Waals surface area contributed by atoms with Gasteiger partial charge in [-0.25, -0.2) is 4.98 Å². The van der Waals surface area contributed by atoms with Gasteiger partial charge in [0.2, 0.25) is 5.91 Å². The van der Waals surface area contributed by atoms with E-state index in [0.717, 1.165) is 18.4 Å². The standard InChI is InChI=1S/C20H25F3N4O.2ClH/c21-20(22,23)8-9-27(12-16-6-7-16)19(28)18(24)10-17-13-26(14-25-17)11-15-4-2-1-3-5-15;;/h1-5,13-14,16,18H,6-12,24H2;2*1H/t18-;;/m0../s1. The molecule has 0 bridgehead atoms. The van der Waals surface area contributed by atoms with Crippen LogP contribution in [0.25, 0.3) is 0 Å². The number of rotatable bonds is 9. The molecule has 2 N–H and O–H groups in total. The Labute approximate surface area is 186 Å². The van der Waals surface area contributed by atoms with E-state index in [1.807, 2.05) is 41.1 Å². The molecule has 1 aromatic heterocycles. The lowest BCUT2D eigenvalue weighted by Gasteiger charge is -2.26. The normalized spacial score (nSPS) is 14.4. The van der Waals surface area contributed by atoms with Crippen molar-refractivity contribution in [2.45, 2.75) is 44.4 Å². The maximum atomic E-state index is 12.6. The van der Waals surface area contributed by atoms with Gasteiger partial charge >= 0.3 is 6.18 Å². The highest BCUT2D eigenvalue weighted by Crippen LogP contribution is 2.30. The van der Waals surface area contributed by atoms with Gasteiger partial charge in [-0.3, -0.25) is 4.79 Å². The van der Waals surface area contributed by atoms with Crippen LogP contribution in [-0.4, -0.2) is 45.7 Å². The third kappa shape index (κ3) is 8.53. The Morgan fingerprint density at radius 2 is 1.90 bits per heavy atom. The second-order valence-corrected chi connectivity index (χ2v) is 7.43. The quantitative estimate of drug-likeness (QED) is 0.610. The molecule has 3 rings (SSSR count). The molecule has 168 valence electrons. The molecule has 1 aliphatic rings. The van der Waals surface area contributed by atoms with Gasteiger partial charge in [-0.1, -0.05) is 30.3 Å². The number of halogens is 5. The molecule has 1 heterocycles. The highest BCUT2D eigenvalue weighted by molar-refractivity contribution is 5.85. The Morgan fingerprint density at radius 3 is 2.50 bits per heavy atom. The van der Waals surface area contributed by atoms with E-state index in [2.05, 4.69) is 4.98 Å². The third-order valence-corrected chi connectivity index (χ3v) is 4.79. The zero-order valence-corrected chi connectivity index (χ0v) is 18.1. The number of hydrogen-bond donors (Lipinski definition) is 1. The zero-order valence-electron chi connectivity index (χ0n) is 16.4. The van der Waals surface area contributed by atoms with E-state index in [-0.39, 0.29) is 37.8 Å². The van der Waals surface area contributed by atoms with Crippen molar-refractivity contribution in [3.05, 3.63) is 54.1 Å². The Hall–Kier alpha value is -1.77. The van der Waals surface area contributed by atoms with Crippen LogP contribution in [0.2, 0.25) is 0 Å². The van der Waals surface area contributed by atoms with Crippen molar-refractivity contribution in [2.75, 3.05) is 13.1 Å². The molecule has 10 heteroatoms. The van der Waals surface area contributed by atoms with Gasteiger partial charge in [-0.05, 0) is 24.3 Å². The molecule has 1 amide bonds. The van der Waals surface area contributed by atoms with Gasteiger partial charge in [-0.15, -0.1) is 24.8 Å². The van der Waals surface area contributed by atoms with Crippen LogP contribution in [0.5, 0.6) is 0 Å². The summed E-state index contributed by atoms with van der Waals surface area (Å²) in [4.78, 5) is 18.2. The van der Waals surface area contributed by atoms with Crippen LogP contribution >= 0.6 is 24.8 Å². The molecule has 1 aromatic carbocycles. The van der Waals surface area contributed by atoms with Crippen molar-refractivity contribution in [3.63, 3.8) is 0 Å². The maximum absolute atomic E-state index is 12.6. The fourth-order valence-electron chi connectivity index (χ4n) is 3.10. The number of alkyl halides is 3. The number of carbonyl (C=O) groups excluding carboxylic acids is 1. The number of imidazole rings is 1. The summed E-state index contributed by atoms with van der Waals surface area (Å²) in [5, 5.41) is 0. The highest BCUT2D eigenvalue weighted by atomic mass is 35.5. The van der Waals surface area contributed by atoms with Crippen molar-refractivity contribution in [1.82, 2.24) is 14.5 Å². The van der Waals surface area contributed by atoms with Gasteiger partial charge in [0.1, 0.15) is 0 Å². The molecule has 0 saturated heterocycles. The molecular formula is C20H27Cl2F3N4O. The predicted molar refractivity (Wildman–Crippen MR) is 114 cm³/mol. The number of hydrogen-bond acceptors (Lipinski definition) is 3. The molecule has 0 radical (unpaired) electrons. The minimum atomic E-state index is -4.29. The topological polar surface area (TPSA) is 64.2 Å². The van der Waals surface area contributed by atoms with E-state index in [0.29, 0.717) is 24.7 Å². The summed E-state index contributed by atoms with van der Waals surface area (Å²) in [7, 11) is 0. The van der Waals surface area contributed by atoms with E-state index in [1.165, 1.54) is 4.90 Å². The van der Waals surface area contributed by atoms with Crippen LogP contribution in [0.1, 0.15) is 30.5 Å². The van der Waals surface area contributed by atoms with Crippen LogP contribution in [0.15, 0.2) is 42.9 Å². The summed E-state index contributed by atoms with van der Waals surface area (Å²) in [5.41, 5.74) is 7.80. The van der Waals surface area contributed by atoms with E-state index in [1.54, 1.807) is 6.33 Å². The minimum absolute atomic E-state index is 0. The second-order valence-electron chi connectivity index (χ2n) is 7.43. The Kier molecular flexibility index (Phi) is 10.1. The molecule has 1 aliphatic carbocycles. The minimum Gasteiger partial charge on any atom is -0.341 e. The average Bonchev–Trinajstić information content (AvgIpc) is 3.37. The first-order valence-corrected chi connectivity index (χ1v) is 9.46. The van der Waals surface area contributed by atoms with Crippen molar-refractivity contribution in [3.8, 4) is 0 Å². The molecular weight excluding hydrogens is 440 g/mol. The zero-order chi connectivity index (χ0) is 20.1. The SMILES string of the molecule is Cl.Cl.N[C@@H](Cc1cn(Cc2ccccc2)cn1)C(=O)N(CCC(F)(F)F)CC1CC1. The van der Waals surface area contributed by atoms with E-state index in [9.17, 15) is 18.0 Å². The Balaban J connectivity index is 0.00000225. The van der Waals surface area contributed by atoms with Crippen molar-refractivity contribution >= 4 is 30.7 Å². The summed E-state index contributed by atoms with van der Waals surface area (Å²) in [6.07, 6.45) is 0.302. The van der Waals surface area contributed by atoms with Gasteiger partial charge in [0.05, 0.1) is 24.5 Å². The van der Waals surface area contributed by atoms with Gasteiger partial charge in [0.25, 0.3) is 0 Å². The molecule has 1 fully saturated rings. The van der Waals surface area contributed by atoms with Crippen LogP contribution in [0.4, 0.5) is 13.2 Å². The summed E-state index contributed by atoms with van der Waals surface area (Å²) in [6, 6.07) is 8.97. The van der Waals surface area contributed by atoms with Crippen LogP contribution < -0.4 is 5.73 Å². The number of aromatic nitrogens is 2. The van der Waals surface area contributed by atoms with Crippen molar-refractivity contribution in [1.29, 1.82) is 0 Å². The number of nitrogens with zero attached hydrogens (tertiary/aromatic N) is 3. The highest BCUT2D eigenvalue weighted by Gasteiger charge is 2.33. The average molecular weight is 467 g/mol. The van der Waals surface area contributed by atoms with Crippen LogP contribution in [0.3, 0.4) is 0 Å². The predicted octanol–water partition coefficient (Wildman–Crippen LogP) is 3.84. The van der Waals surface area contributed by atoms with Crippen LogP contribution in [0, 0.1) is 5.92 Å². The summed E-state index contributed by atoms with van der Waals surface area (Å²) >= 11 is 0. The molecule has 1 atom stereocenters. The fourth-order valence-corrected chi connectivity index (χ4v) is 3.10. The molecule has 30 heavy (non-hydrogen) atoms. The lowest BCUT2D eigenvalue weighted by Crippen LogP contribution is -2.46. The molecule has 0 spiro atoms. The monoisotopic (exact) mass is 466 g/mol. The van der Waals surface area contributed by atoms with Crippen molar-refractivity contribution in [2.24, 2.45) is 11.7 Å². The van der Waals surface area contributed by atoms with Crippen LogP contribution in [-0.2, 0) is 17.8 Å². The van der Waals surface area contributed by atoms with Gasteiger partial charge in [0.15, 0.2) is 0 Å². The van der Waals surface area contributed by atoms with Gasteiger partial charge < -0.3 is 15.2 Å². The summed E-state index contributed by atoms with van der Waals surface area (Å²) in [6.45, 7) is 0.663. The lowest BCUT2D eigenvalue weighted by atomic mass is 10.1. The number of benzene rings is 1. The molecule has 2 aromatic rings. The molecule has 5 nitrogen and oxygen atoms in total. The van der Waals surface area contributed by atoms with E-state index >= 15 is 0 Å². The Bertz CT molecular complexity index is 782. The molecule has 1 saturated carbocycles. The summed E-state index contributed by atoms with van der Waals surface area (Å²) in [5.74, 6) is -0.136. The number of carbonyl (C=O) groups is 1. The fraction of sp³-hybridized carbons (Fsp3) is 0.500. The lowest BCUT2D eigenvalue weighted by molar-refractivity contribution is -0.146.